The van der Waals surface area contributed by atoms with Gasteiger partial charge in [-0.3, -0.25) is 0 Å². The monoisotopic (exact) mass is 188 g/mol. The number of hydrogen-bond acceptors (Lipinski definition) is 2. The third-order valence-corrected chi connectivity index (χ3v) is 5.15. The molecule has 11 heavy (non-hydrogen) atoms. The highest BCUT2D eigenvalue weighted by Gasteiger charge is 2.10. The van der Waals surface area contributed by atoms with Crippen molar-refractivity contribution in [3.63, 3.8) is 0 Å². The van der Waals surface area contributed by atoms with Gasteiger partial charge < -0.3 is 9.96 Å². The van der Waals surface area contributed by atoms with Crippen LogP contribution in [0.15, 0.2) is 0 Å². The lowest BCUT2D eigenvalue weighted by Crippen LogP contribution is -2.47. The largest absolute Gasteiger partial charge is 0.361 e. The van der Waals surface area contributed by atoms with Crippen molar-refractivity contribution in [3.05, 3.63) is 0 Å². The quantitative estimate of drug-likeness (QED) is 0.497. The van der Waals surface area contributed by atoms with Gasteiger partial charge in [0.2, 0.25) is 0 Å². The van der Waals surface area contributed by atoms with Gasteiger partial charge in [0.25, 0.3) is 0 Å². The fourth-order valence-corrected chi connectivity index (χ4v) is 3.55. The first-order valence-corrected chi connectivity index (χ1v) is 8.86. The van der Waals surface area contributed by atoms with E-state index in [0.29, 0.717) is 6.04 Å². The van der Waals surface area contributed by atoms with Crippen molar-refractivity contribution < 1.29 is 0 Å². The average Bonchev–Trinajstić information content (AvgIpc) is 1.78. The van der Waals surface area contributed by atoms with E-state index in [2.05, 4.69) is 43.5 Å². The van der Waals surface area contributed by atoms with Crippen LogP contribution >= 0.6 is 0 Å². The van der Waals surface area contributed by atoms with Crippen molar-refractivity contribution in [1.29, 1.82) is 0 Å². The third kappa shape index (κ3) is 10.4. The molecular formula is C7H20N2Si2. The standard InChI is InChI=1S/C7H20N2Si2/c1-7(2)8-6-10-9-11(3,4)5/h7-9H,6H2,1-5H3. The second kappa shape index (κ2) is 5.08. The van der Waals surface area contributed by atoms with Crippen LogP contribution in [0.3, 0.4) is 0 Å². The first kappa shape index (κ1) is 11.4. The maximum absolute atomic E-state index is 3.58. The van der Waals surface area contributed by atoms with Crippen LogP contribution in [0.5, 0.6) is 0 Å². The highest BCUT2D eigenvalue weighted by molar-refractivity contribution is 6.79. The Morgan fingerprint density at radius 1 is 1.27 bits per heavy atom. The lowest BCUT2D eigenvalue weighted by molar-refractivity contribution is 0.648. The third-order valence-electron chi connectivity index (χ3n) is 1.06. The summed E-state index contributed by atoms with van der Waals surface area (Å²) >= 11 is 0. The summed E-state index contributed by atoms with van der Waals surface area (Å²) in [7, 11) is -0.130. The maximum atomic E-state index is 3.58. The molecule has 0 heterocycles. The Hall–Kier alpha value is 0.354. The molecule has 0 aliphatic heterocycles. The zero-order valence-electron chi connectivity index (χ0n) is 8.28. The summed E-state index contributed by atoms with van der Waals surface area (Å²) in [5, 5.41) is 3.39. The minimum atomic E-state index is -1.01. The summed E-state index contributed by atoms with van der Waals surface area (Å²) in [5.41, 5.74) is 0. The maximum Gasteiger partial charge on any atom is 0.147 e. The lowest BCUT2D eigenvalue weighted by Gasteiger charge is -2.17. The molecule has 0 aromatic rings. The van der Waals surface area contributed by atoms with E-state index < -0.39 is 8.24 Å². The molecule has 0 atom stereocenters. The molecule has 2 radical (unpaired) electrons. The molecule has 66 valence electrons. The van der Waals surface area contributed by atoms with Crippen molar-refractivity contribution in [1.82, 2.24) is 9.96 Å². The van der Waals surface area contributed by atoms with Gasteiger partial charge in [-0.1, -0.05) is 33.5 Å². The second-order valence-electron chi connectivity index (χ2n) is 4.09. The lowest BCUT2D eigenvalue weighted by atomic mass is 10.4. The van der Waals surface area contributed by atoms with E-state index in [-0.39, 0.29) is 0 Å². The van der Waals surface area contributed by atoms with Gasteiger partial charge >= 0.3 is 0 Å². The van der Waals surface area contributed by atoms with Gasteiger partial charge in [0, 0.05) is 12.2 Å². The van der Waals surface area contributed by atoms with Crippen molar-refractivity contribution in [2.75, 3.05) is 6.17 Å². The predicted octanol–water partition coefficient (Wildman–Crippen LogP) is 0.986. The van der Waals surface area contributed by atoms with Crippen molar-refractivity contribution in [3.8, 4) is 0 Å². The van der Waals surface area contributed by atoms with Crippen LogP contribution in [-0.4, -0.2) is 30.1 Å². The molecule has 0 bridgehead atoms. The van der Waals surface area contributed by atoms with Gasteiger partial charge in [-0.2, -0.15) is 0 Å². The van der Waals surface area contributed by atoms with Crippen LogP contribution in [0.2, 0.25) is 19.6 Å². The Labute approximate surface area is 74.1 Å². The van der Waals surface area contributed by atoms with Crippen molar-refractivity contribution in [2.24, 2.45) is 0 Å². The predicted molar refractivity (Wildman–Crippen MR) is 55.4 cm³/mol. The van der Waals surface area contributed by atoms with Crippen LogP contribution in [0, 0.1) is 0 Å². The Morgan fingerprint density at radius 3 is 2.18 bits per heavy atom. The van der Waals surface area contributed by atoms with Crippen LogP contribution in [0.4, 0.5) is 0 Å². The summed E-state index contributed by atoms with van der Waals surface area (Å²) in [4.78, 5) is 0. The summed E-state index contributed by atoms with van der Waals surface area (Å²) in [5.74, 6) is 0. The molecular weight excluding hydrogens is 168 g/mol. The van der Waals surface area contributed by atoms with E-state index in [1.807, 2.05) is 0 Å². The number of nitrogens with one attached hydrogen (secondary N) is 2. The highest BCUT2D eigenvalue weighted by Crippen LogP contribution is 1.91. The van der Waals surface area contributed by atoms with Crippen LogP contribution in [0.25, 0.3) is 0 Å². The molecule has 0 unspecified atom stereocenters. The SMILES string of the molecule is CC(C)NC[Si]N[Si](C)(C)C. The van der Waals surface area contributed by atoms with E-state index in [4.69, 9.17) is 0 Å². The zero-order valence-corrected chi connectivity index (χ0v) is 10.3. The Morgan fingerprint density at radius 2 is 1.82 bits per heavy atom. The molecule has 0 rings (SSSR count). The van der Waals surface area contributed by atoms with Gasteiger partial charge in [-0.15, -0.1) is 0 Å². The molecule has 0 spiro atoms. The summed E-state index contributed by atoms with van der Waals surface area (Å²) < 4.78 is 3.58. The Balaban J connectivity index is 3.15. The molecule has 2 nitrogen and oxygen atoms in total. The molecule has 0 fully saturated rings. The van der Waals surface area contributed by atoms with Crippen LogP contribution < -0.4 is 9.96 Å². The van der Waals surface area contributed by atoms with Gasteiger partial charge in [0.1, 0.15) is 17.9 Å². The van der Waals surface area contributed by atoms with Crippen molar-refractivity contribution >= 4 is 17.9 Å². The zero-order chi connectivity index (χ0) is 8.91. The van der Waals surface area contributed by atoms with Crippen molar-refractivity contribution in [2.45, 2.75) is 39.5 Å². The molecule has 0 aromatic heterocycles. The minimum Gasteiger partial charge on any atom is -0.361 e. The van der Waals surface area contributed by atoms with E-state index in [0.717, 1.165) is 15.8 Å². The van der Waals surface area contributed by atoms with E-state index >= 15 is 0 Å². The van der Waals surface area contributed by atoms with Gasteiger partial charge in [-0.05, 0) is 0 Å². The molecule has 0 aliphatic rings. The molecule has 0 amide bonds. The smallest absolute Gasteiger partial charge is 0.147 e. The number of hydrogen-bond donors (Lipinski definition) is 2. The summed E-state index contributed by atoms with van der Waals surface area (Å²) in [6, 6.07) is 0.617. The molecule has 0 aliphatic carbocycles. The number of rotatable bonds is 5. The first-order chi connectivity index (χ1) is 4.92. The van der Waals surface area contributed by atoms with E-state index in [1.54, 1.807) is 0 Å². The molecule has 0 saturated heterocycles. The summed E-state index contributed by atoms with van der Waals surface area (Å²) in [6.45, 7) is 11.3. The van der Waals surface area contributed by atoms with Crippen LogP contribution in [0.1, 0.15) is 13.8 Å². The second-order valence-corrected chi connectivity index (χ2v) is 10.3. The van der Waals surface area contributed by atoms with Gasteiger partial charge in [0.15, 0.2) is 0 Å². The van der Waals surface area contributed by atoms with E-state index in [9.17, 15) is 0 Å². The molecule has 0 saturated carbocycles. The van der Waals surface area contributed by atoms with Gasteiger partial charge in [0.05, 0.1) is 0 Å². The van der Waals surface area contributed by atoms with Gasteiger partial charge in [-0.25, -0.2) is 0 Å². The highest BCUT2D eigenvalue weighted by atomic mass is 28.4. The van der Waals surface area contributed by atoms with E-state index in [1.165, 1.54) is 0 Å². The average molecular weight is 188 g/mol. The fraction of sp³-hybridized carbons (Fsp3) is 1.00. The minimum absolute atomic E-state index is 0.617. The van der Waals surface area contributed by atoms with Crippen LogP contribution in [-0.2, 0) is 0 Å². The Kier molecular flexibility index (Phi) is 5.24. The Bertz CT molecular complexity index is 99.1. The molecule has 0 aromatic carbocycles. The fourth-order valence-electron chi connectivity index (χ4n) is 0.565. The summed E-state index contributed by atoms with van der Waals surface area (Å²) in [6.07, 6.45) is 1.11. The topological polar surface area (TPSA) is 24.1 Å². The molecule has 4 heteroatoms. The normalized spacial score (nSPS) is 12.5. The first-order valence-electron chi connectivity index (χ1n) is 4.15. The molecule has 2 N–H and O–H groups in total.